The monoisotopic (exact) mass is 368 g/mol. The van der Waals surface area contributed by atoms with Gasteiger partial charge in [0.1, 0.15) is 5.69 Å². The van der Waals surface area contributed by atoms with E-state index < -0.39 is 21.9 Å². The average Bonchev–Trinajstić information content (AvgIpc) is 2.89. The molecule has 0 radical (unpaired) electrons. The van der Waals surface area contributed by atoms with Gasteiger partial charge in [0.2, 0.25) is 0 Å². The zero-order chi connectivity index (χ0) is 18.4. The van der Waals surface area contributed by atoms with Gasteiger partial charge in [-0.15, -0.1) is 0 Å². The van der Waals surface area contributed by atoms with Gasteiger partial charge in [-0.05, 0) is 49.7 Å². The summed E-state index contributed by atoms with van der Waals surface area (Å²) in [5.41, 5.74) is 1.12. The lowest BCUT2D eigenvalue weighted by atomic mass is 10.2. The Balaban J connectivity index is 1.96. The third-order valence-electron chi connectivity index (χ3n) is 3.80. The maximum Gasteiger partial charge on any atom is 0.431 e. The quantitative estimate of drug-likeness (QED) is 0.709. The molecule has 0 fully saturated rings. The normalized spacial score (nSPS) is 12.5. The maximum atomic E-state index is 12.8. The molecule has 4 nitrogen and oxygen atoms in total. The van der Waals surface area contributed by atoms with E-state index in [0.29, 0.717) is 5.56 Å². The van der Waals surface area contributed by atoms with Crippen LogP contribution in [0.3, 0.4) is 0 Å². The third-order valence-corrected chi connectivity index (χ3v) is 5.34. The molecule has 3 aromatic rings. The first-order valence-electron chi connectivity index (χ1n) is 7.36. The summed E-state index contributed by atoms with van der Waals surface area (Å²) in [6.45, 7) is 3.54. The number of hydrogen-bond acceptors (Lipinski definition) is 2. The summed E-state index contributed by atoms with van der Waals surface area (Å²) in [5.74, 6) is 0. The Bertz CT molecular complexity index is 1050. The van der Waals surface area contributed by atoms with Crippen LogP contribution in [-0.2, 0) is 16.2 Å². The first kappa shape index (κ1) is 17.3. The molecule has 2 aromatic carbocycles. The minimum Gasteiger partial charge on any atom is -0.351 e. The summed E-state index contributed by atoms with van der Waals surface area (Å²) in [4.78, 5) is 2.40. The molecule has 1 aromatic heterocycles. The Morgan fingerprint density at radius 2 is 1.72 bits per heavy atom. The predicted octanol–water partition coefficient (Wildman–Crippen LogP) is 4.60. The maximum absolute atomic E-state index is 12.8. The molecule has 8 heteroatoms. The number of nitrogens with one attached hydrogen (secondary N) is 2. The first-order valence-corrected chi connectivity index (χ1v) is 8.85. The van der Waals surface area contributed by atoms with E-state index in [-0.39, 0.29) is 21.5 Å². The second-order valence-corrected chi connectivity index (χ2v) is 7.51. The van der Waals surface area contributed by atoms with Gasteiger partial charge in [0.15, 0.2) is 0 Å². The highest BCUT2D eigenvalue weighted by molar-refractivity contribution is 7.92. The predicted molar refractivity (Wildman–Crippen MR) is 90.0 cm³/mol. The van der Waals surface area contributed by atoms with Gasteiger partial charge in [-0.1, -0.05) is 17.7 Å². The topological polar surface area (TPSA) is 62.0 Å². The molecule has 1 heterocycles. The first-order chi connectivity index (χ1) is 11.6. The number of anilines is 1. The number of aromatic amines is 1. The van der Waals surface area contributed by atoms with Crippen LogP contribution >= 0.6 is 0 Å². The SMILES string of the molecule is Cc1ccc(S(=O)(=O)Nc2ccc3[nH]c(C(F)(F)F)cc3c2)c(C)c1. The Kier molecular flexibility index (Phi) is 4.03. The van der Waals surface area contributed by atoms with Crippen molar-refractivity contribution in [1.82, 2.24) is 4.98 Å². The molecule has 0 atom stereocenters. The summed E-state index contributed by atoms with van der Waals surface area (Å²) >= 11 is 0. The Hall–Kier alpha value is -2.48. The van der Waals surface area contributed by atoms with E-state index >= 15 is 0 Å². The van der Waals surface area contributed by atoms with Crippen molar-refractivity contribution >= 4 is 26.6 Å². The van der Waals surface area contributed by atoms with E-state index in [9.17, 15) is 21.6 Å². The summed E-state index contributed by atoms with van der Waals surface area (Å²) in [5, 5.41) is 0.271. The zero-order valence-corrected chi connectivity index (χ0v) is 14.2. The van der Waals surface area contributed by atoms with Crippen LogP contribution in [-0.4, -0.2) is 13.4 Å². The van der Waals surface area contributed by atoms with Crippen molar-refractivity contribution in [3.05, 3.63) is 59.3 Å². The molecular formula is C17H15F3N2O2S. The van der Waals surface area contributed by atoms with Crippen LogP contribution in [0.15, 0.2) is 47.4 Å². The molecule has 0 unspecified atom stereocenters. The molecule has 3 rings (SSSR count). The lowest BCUT2D eigenvalue weighted by Gasteiger charge is -2.11. The minimum absolute atomic E-state index is 0.128. The number of sulfonamides is 1. The number of hydrogen-bond donors (Lipinski definition) is 2. The Morgan fingerprint density at radius 1 is 1.00 bits per heavy atom. The van der Waals surface area contributed by atoms with E-state index in [1.807, 2.05) is 6.92 Å². The zero-order valence-electron chi connectivity index (χ0n) is 13.4. The van der Waals surface area contributed by atoms with Crippen molar-refractivity contribution < 1.29 is 21.6 Å². The molecule has 0 spiro atoms. The molecular weight excluding hydrogens is 353 g/mol. The van der Waals surface area contributed by atoms with E-state index in [1.165, 1.54) is 24.3 Å². The van der Waals surface area contributed by atoms with Gasteiger partial charge >= 0.3 is 6.18 Å². The number of aryl methyl sites for hydroxylation is 2. The van der Waals surface area contributed by atoms with Gasteiger partial charge in [0.05, 0.1) is 4.90 Å². The lowest BCUT2D eigenvalue weighted by molar-refractivity contribution is -0.140. The van der Waals surface area contributed by atoms with Crippen LogP contribution < -0.4 is 4.72 Å². The van der Waals surface area contributed by atoms with Crippen molar-refractivity contribution in [1.29, 1.82) is 0 Å². The van der Waals surface area contributed by atoms with Gasteiger partial charge < -0.3 is 4.98 Å². The van der Waals surface area contributed by atoms with Crippen LogP contribution in [0.4, 0.5) is 18.9 Å². The number of fused-ring (bicyclic) bond motifs is 1. The Morgan fingerprint density at radius 3 is 2.36 bits per heavy atom. The van der Waals surface area contributed by atoms with Crippen molar-refractivity contribution in [2.24, 2.45) is 0 Å². The number of benzene rings is 2. The third kappa shape index (κ3) is 3.48. The second kappa shape index (κ2) is 5.80. The molecule has 25 heavy (non-hydrogen) atoms. The van der Waals surface area contributed by atoms with Crippen LogP contribution in [0.5, 0.6) is 0 Å². The Labute approximate surface area is 142 Å². The highest BCUT2D eigenvalue weighted by Crippen LogP contribution is 2.32. The van der Waals surface area contributed by atoms with Crippen molar-refractivity contribution in [2.75, 3.05) is 4.72 Å². The molecule has 132 valence electrons. The van der Waals surface area contributed by atoms with Gasteiger partial charge in [0, 0.05) is 16.6 Å². The molecule has 0 aliphatic rings. The summed E-state index contributed by atoms with van der Waals surface area (Å²) in [7, 11) is -3.83. The van der Waals surface area contributed by atoms with Crippen LogP contribution in [0, 0.1) is 13.8 Å². The second-order valence-electron chi connectivity index (χ2n) is 5.86. The summed E-state index contributed by atoms with van der Waals surface area (Å²) in [6, 6.07) is 10.1. The summed E-state index contributed by atoms with van der Waals surface area (Å²) in [6.07, 6.45) is -4.49. The number of halogens is 3. The van der Waals surface area contributed by atoms with Gasteiger partial charge in [-0.25, -0.2) is 8.42 Å². The fourth-order valence-corrected chi connectivity index (χ4v) is 3.94. The lowest BCUT2D eigenvalue weighted by Crippen LogP contribution is -2.14. The van der Waals surface area contributed by atoms with Crippen molar-refractivity contribution in [3.8, 4) is 0 Å². The summed E-state index contributed by atoms with van der Waals surface area (Å²) < 4.78 is 65.7. The molecule has 2 N–H and O–H groups in total. The minimum atomic E-state index is -4.49. The van der Waals surface area contributed by atoms with Crippen LogP contribution in [0.1, 0.15) is 16.8 Å². The average molecular weight is 368 g/mol. The number of rotatable bonds is 3. The van der Waals surface area contributed by atoms with Gasteiger partial charge in [0.25, 0.3) is 10.0 Å². The van der Waals surface area contributed by atoms with Gasteiger partial charge in [-0.3, -0.25) is 4.72 Å². The molecule has 0 saturated heterocycles. The standard InChI is InChI=1S/C17H15F3N2O2S/c1-10-3-6-15(11(2)7-10)25(23,24)22-13-4-5-14-12(8-13)9-16(21-14)17(18,19)20/h3-9,21-22H,1-2H3. The highest BCUT2D eigenvalue weighted by atomic mass is 32.2. The molecule has 0 saturated carbocycles. The smallest absolute Gasteiger partial charge is 0.351 e. The van der Waals surface area contributed by atoms with E-state index in [4.69, 9.17) is 0 Å². The van der Waals surface area contributed by atoms with Crippen LogP contribution in [0.2, 0.25) is 0 Å². The van der Waals surface area contributed by atoms with Crippen LogP contribution in [0.25, 0.3) is 10.9 Å². The highest BCUT2D eigenvalue weighted by Gasteiger charge is 2.32. The van der Waals surface area contributed by atoms with E-state index in [0.717, 1.165) is 11.6 Å². The fraction of sp³-hybridized carbons (Fsp3) is 0.176. The van der Waals surface area contributed by atoms with Gasteiger partial charge in [-0.2, -0.15) is 13.2 Å². The molecule has 0 bridgehead atoms. The fourth-order valence-electron chi connectivity index (χ4n) is 2.66. The number of aromatic nitrogens is 1. The number of H-pyrrole nitrogens is 1. The van der Waals surface area contributed by atoms with E-state index in [2.05, 4.69) is 9.71 Å². The molecule has 0 amide bonds. The van der Waals surface area contributed by atoms with Crippen molar-refractivity contribution in [3.63, 3.8) is 0 Å². The molecule has 0 aliphatic heterocycles. The van der Waals surface area contributed by atoms with Crippen molar-refractivity contribution in [2.45, 2.75) is 24.9 Å². The largest absolute Gasteiger partial charge is 0.431 e. The van der Waals surface area contributed by atoms with E-state index in [1.54, 1.807) is 19.1 Å². The molecule has 0 aliphatic carbocycles. The number of alkyl halides is 3.